The molecule has 3 atom stereocenters. The Morgan fingerprint density at radius 2 is 1.70 bits per heavy atom. The van der Waals surface area contributed by atoms with Gasteiger partial charge in [0.2, 0.25) is 6.10 Å². The van der Waals surface area contributed by atoms with Gasteiger partial charge in [-0.1, -0.05) is 62.9 Å². The lowest BCUT2D eigenvalue weighted by Gasteiger charge is -2.34. The second-order valence-electron chi connectivity index (χ2n) is 6.69. The standard InChI is InChI=1S/C21H28ClF3O5/c1-4-6-7-11-14-16(22)17(18(26)29-5-2)30-19(27)20(28-3,21(23,24)25)15-12-9-8-10-13-15/h8-10,12-13,16-17H,4-7,11,14H2,1-3H3/t16-,17+,20?/m0/s1. The van der Waals surface area contributed by atoms with Gasteiger partial charge in [0.25, 0.3) is 5.60 Å². The molecule has 0 heterocycles. The zero-order valence-electron chi connectivity index (χ0n) is 17.3. The van der Waals surface area contributed by atoms with E-state index in [2.05, 4.69) is 4.74 Å². The number of alkyl halides is 4. The molecule has 30 heavy (non-hydrogen) atoms. The topological polar surface area (TPSA) is 61.8 Å². The minimum Gasteiger partial charge on any atom is -0.463 e. The number of ether oxygens (including phenoxy) is 3. The zero-order chi connectivity index (χ0) is 22.8. The summed E-state index contributed by atoms with van der Waals surface area (Å²) < 4.78 is 56.7. The van der Waals surface area contributed by atoms with Crippen LogP contribution in [0.2, 0.25) is 0 Å². The van der Waals surface area contributed by atoms with Crippen LogP contribution in [0.25, 0.3) is 0 Å². The van der Waals surface area contributed by atoms with Crippen molar-refractivity contribution >= 4 is 23.5 Å². The monoisotopic (exact) mass is 452 g/mol. The van der Waals surface area contributed by atoms with E-state index in [1.807, 2.05) is 6.92 Å². The first-order valence-electron chi connectivity index (χ1n) is 9.84. The molecule has 0 spiro atoms. The van der Waals surface area contributed by atoms with Crippen molar-refractivity contribution in [3.63, 3.8) is 0 Å². The van der Waals surface area contributed by atoms with Gasteiger partial charge in [-0.15, -0.1) is 11.6 Å². The van der Waals surface area contributed by atoms with Crippen LogP contribution in [0.3, 0.4) is 0 Å². The quantitative estimate of drug-likeness (QED) is 0.249. The maximum Gasteiger partial charge on any atom is 0.432 e. The maximum atomic E-state index is 14.0. The third-order valence-corrected chi connectivity index (χ3v) is 5.04. The van der Waals surface area contributed by atoms with Crippen molar-refractivity contribution in [2.45, 2.75) is 69.2 Å². The number of rotatable bonds is 12. The highest BCUT2D eigenvalue weighted by Gasteiger charge is 2.64. The van der Waals surface area contributed by atoms with E-state index < -0.39 is 40.8 Å². The summed E-state index contributed by atoms with van der Waals surface area (Å²) in [5, 5.41) is -1.04. The molecular weight excluding hydrogens is 425 g/mol. The fourth-order valence-corrected chi connectivity index (χ4v) is 3.31. The molecule has 0 saturated carbocycles. The normalized spacial score (nSPS) is 15.7. The lowest BCUT2D eigenvalue weighted by molar-refractivity contribution is -0.278. The molecule has 0 aliphatic heterocycles. The lowest BCUT2D eigenvalue weighted by Crippen LogP contribution is -2.54. The first kappa shape index (κ1) is 26.2. The van der Waals surface area contributed by atoms with Crippen LogP contribution >= 0.6 is 11.6 Å². The molecular formula is C21H28ClF3O5. The van der Waals surface area contributed by atoms with E-state index in [0.29, 0.717) is 6.42 Å². The van der Waals surface area contributed by atoms with Crippen molar-refractivity contribution in [3.8, 4) is 0 Å². The van der Waals surface area contributed by atoms with Gasteiger partial charge in [0.05, 0.1) is 12.0 Å². The fourth-order valence-electron chi connectivity index (χ4n) is 3.00. The van der Waals surface area contributed by atoms with E-state index in [9.17, 15) is 22.8 Å². The molecule has 0 N–H and O–H groups in total. The van der Waals surface area contributed by atoms with E-state index in [0.717, 1.165) is 38.5 Å². The van der Waals surface area contributed by atoms with Gasteiger partial charge in [-0.3, -0.25) is 0 Å². The summed E-state index contributed by atoms with van der Waals surface area (Å²) in [5.41, 5.74) is -3.88. The minimum atomic E-state index is -5.15. The highest BCUT2D eigenvalue weighted by molar-refractivity contribution is 6.22. The van der Waals surface area contributed by atoms with Gasteiger partial charge in [-0.2, -0.15) is 13.2 Å². The highest BCUT2D eigenvalue weighted by atomic mass is 35.5. The molecule has 170 valence electrons. The number of hydrogen-bond donors (Lipinski definition) is 0. The largest absolute Gasteiger partial charge is 0.463 e. The van der Waals surface area contributed by atoms with Crippen LogP contribution in [0, 0.1) is 0 Å². The Labute approximate surface area is 179 Å². The molecule has 0 bridgehead atoms. The minimum absolute atomic E-state index is 0.0420. The molecule has 1 aromatic carbocycles. The molecule has 1 rings (SSSR count). The number of benzene rings is 1. The number of esters is 2. The number of carbonyl (C=O) groups is 2. The Morgan fingerprint density at radius 1 is 1.07 bits per heavy atom. The predicted octanol–water partition coefficient (Wildman–Crippen LogP) is 5.14. The van der Waals surface area contributed by atoms with E-state index >= 15 is 0 Å². The third-order valence-electron chi connectivity index (χ3n) is 4.59. The first-order valence-corrected chi connectivity index (χ1v) is 10.3. The summed E-state index contributed by atoms with van der Waals surface area (Å²) in [7, 11) is 0.754. The lowest BCUT2D eigenvalue weighted by atomic mass is 9.92. The smallest absolute Gasteiger partial charge is 0.432 e. The van der Waals surface area contributed by atoms with Crippen molar-refractivity contribution < 1.29 is 37.0 Å². The Hall–Kier alpha value is -1.80. The molecule has 0 aliphatic rings. The fraction of sp³-hybridized carbons (Fsp3) is 0.619. The Bertz CT molecular complexity index is 668. The Kier molecular flexibility index (Phi) is 10.6. The SMILES string of the molecule is CCCCCC[C@H](Cl)[C@@H](OC(=O)C(OC)(c1ccccc1)C(F)(F)F)C(=O)OCC. The summed E-state index contributed by atoms with van der Waals surface area (Å²) in [6.07, 6.45) is -3.19. The van der Waals surface area contributed by atoms with Crippen molar-refractivity contribution in [3.05, 3.63) is 35.9 Å². The van der Waals surface area contributed by atoms with Crippen LogP contribution in [0.15, 0.2) is 30.3 Å². The van der Waals surface area contributed by atoms with Crippen molar-refractivity contribution in [2.24, 2.45) is 0 Å². The third kappa shape index (κ3) is 6.35. The molecule has 0 saturated heterocycles. The summed E-state index contributed by atoms with van der Waals surface area (Å²) in [6, 6.07) is 6.37. The molecule has 0 amide bonds. The van der Waals surface area contributed by atoms with E-state index in [-0.39, 0.29) is 13.0 Å². The van der Waals surface area contributed by atoms with Gasteiger partial charge in [0.15, 0.2) is 0 Å². The molecule has 0 aromatic heterocycles. The van der Waals surface area contributed by atoms with E-state index in [4.69, 9.17) is 21.1 Å². The number of hydrogen-bond acceptors (Lipinski definition) is 5. The second kappa shape index (κ2) is 12.2. The van der Waals surface area contributed by atoms with Crippen LogP contribution in [0.1, 0.15) is 51.5 Å². The number of methoxy groups -OCH3 is 1. The van der Waals surface area contributed by atoms with Crippen molar-refractivity contribution in [1.82, 2.24) is 0 Å². The van der Waals surface area contributed by atoms with Gasteiger partial charge in [-0.05, 0) is 13.3 Å². The summed E-state index contributed by atoms with van der Waals surface area (Å²) in [6.45, 7) is 3.51. The summed E-state index contributed by atoms with van der Waals surface area (Å²) >= 11 is 6.25. The molecule has 0 radical (unpaired) electrons. The van der Waals surface area contributed by atoms with Gasteiger partial charge in [0, 0.05) is 12.7 Å². The number of halogens is 4. The second-order valence-corrected chi connectivity index (χ2v) is 7.25. The van der Waals surface area contributed by atoms with E-state index in [1.54, 1.807) is 0 Å². The average Bonchev–Trinajstić information content (AvgIpc) is 2.70. The molecule has 5 nitrogen and oxygen atoms in total. The Morgan fingerprint density at radius 3 is 2.20 bits per heavy atom. The van der Waals surface area contributed by atoms with Crippen LogP contribution < -0.4 is 0 Å². The van der Waals surface area contributed by atoms with Gasteiger partial charge in [0.1, 0.15) is 0 Å². The summed E-state index contributed by atoms with van der Waals surface area (Å²) in [4.78, 5) is 25.1. The van der Waals surface area contributed by atoms with Crippen LogP contribution in [0.4, 0.5) is 13.2 Å². The molecule has 1 aromatic rings. The average molecular weight is 453 g/mol. The predicted molar refractivity (Wildman–Crippen MR) is 106 cm³/mol. The molecule has 9 heteroatoms. The highest BCUT2D eigenvalue weighted by Crippen LogP contribution is 2.43. The van der Waals surface area contributed by atoms with Gasteiger partial charge < -0.3 is 14.2 Å². The zero-order valence-corrected chi connectivity index (χ0v) is 18.1. The van der Waals surface area contributed by atoms with Crippen LogP contribution in [0.5, 0.6) is 0 Å². The number of unbranched alkanes of at least 4 members (excludes halogenated alkanes) is 3. The first-order chi connectivity index (χ1) is 14.2. The maximum absolute atomic E-state index is 14.0. The van der Waals surface area contributed by atoms with Gasteiger partial charge in [-0.25, -0.2) is 9.59 Å². The van der Waals surface area contributed by atoms with Gasteiger partial charge >= 0.3 is 18.1 Å². The Balaban J connectivity index is 3.20. The van der Waals surface area contributed by atoms with Crippen molar-refractivity contribution in [2.75, 3.05) is 13.7 Å². The van der Waals surface area contributed by atoms with Crippen LogP contribution in [-0.2, 0) is 29.4 Å². The summed E-state index contributed by atoms with van der Waals surface area (Å²) in [5.74, 6) is -2.78. The molecule has 0 fully saturated rings. The number of carbonyl (C=O) groups excluding carboxylic acids is 2. The molecule has 0 aliphatic carbocycles. The van der Waals surface area contributed by atoms with Crippen molar-refractivity contribution in [1.29, 1.82) is 0 Å². The molecule has 1 unspecified atom stereocenters. The van der Waals surface area contributed by atoms with E-state index in [1.165, 1.54) is 25.1 Å². The van der Waals surface area contributed by atoms with Crippen LogP contribution in [-0.4, -0.2) is 43.3 Å².